The Bertz CT molecular complexity index is 479. The van der Waals surface area contributed by atoms with Crippen molar-refractivity contribution < 1.29 is 4.79 Å². The number of amides is 1. The van der Waals surface area contributed by atoms with Crippen LogP contribution in [0.5, 0.6) is 0 Å². The van der Waals surface area contributed by atoms with Gasteiger partial charge in [0.15, 0.2) is 0 Å². The first-order chi connectivity index (χ1) is 8.24. The van der Waals surface area contributed by atoms with Gasteiger partial charge in [0, 0.05) is 24.0 Å². The van der Waals surface area contributed by atoms with E-state index in [4.69, 9.17) is 11.6 Å². The van der Waals surface area contributed by atoms with Crippen molar-refractivity contribution in [1.29, 1.82) is 0 Å². The van der Waals surface area contributed by atoms with Crippen LogP contribution in [0.15, 0.2) is 42.7 Å². The van der Waals surface area contributed by atoms with Gasteiger partial charge in [-0.15, -0.1) is 0 Å². The molecule has 1 aromatic carbocycles. The van der Waals surface area contributed by atoms with Gasteiger partial charge in [0.1, 0.15) is 6.54 Å². The highest BCUT2D eigenvalue weighted by Crippen LogP contribution is 2.08. The number of nitrogens with one attached hydrogen (secondary N) is 1. The lowest BCUT2D eigenvalue weighted by Gasteiger charge is -2.05. The monoisotopic (exact) mass is 249 g/mol. The second-order valence-corrected chi connectivity index (χ2v) is 4.04. The molecule has 0 aliphatic heterocycles. The largest absolute Gasteiger partial charge is 0.350 e. The Morgan fingerprint density at radius 3 is 2.76 bits per heavy atom. The average molecular weight is 250 g/mol. The standard InChI is InChI=1S/C12H12ClN3O/c13-11-4-2-10(3-5-11)8-14-12(17)9-16-7-1-6-15-16/h1-7H,8-9H2,(H,14,17). The average Bonchev–Trinajstić information content (AvgIpc) is 2.81. The summed E-state index contributed by atoms with van der Waals surface area (Å²) in [5.74, 6) is -0.0661. The van der Waals surface area contributed by atoms with Crippen molar-refractivity contribution in [2.75, 3.05) is 0 Å². The molecule has 0 aliphatic rings. The summed E-state index contributed by atoms with van der Waals surface area (Å²) in [5, 5.41) is 7.47. The molecule has 88 valence electrons. The maximum Gasteiger partial charge on any atom is 0.241 e. The molecule has 17 heavy (non-hydrogen) atoms. The minimum Gasteiger partial charge on any atom is -0.350 e. The Balaban J connectivity index is 1.82. The van der Waals surface area contributed by atoms with Crippen molar-refractivity contribution in [3.8, 4) is 0 Å². The van der Waals surface area contributed by atoms with Crippen LogP contribution in [0.2, 0.25) is 5.02 Å². The Morgan fingerprint density at radius 1 is 1.35 bits per heavy atom. The highest BCUT2D eigenvalue weighted by molar-refractivity contribution is 6.30. The summed E-state index contributed by atoms with van der Waals surface area (Å²) < 4.78 is 1.58. The lowest BCUT2D eigenvalue weighted by molar-refractivity contribution is -0.122. The molecule has 0 bridgehead atoms. The Kier molecular flexibility index (Phi) is 3.77. The smallest absolute Gasteiger partial charge is 0.241 e. The highest BCUT2D eigenvalue weighted by atomic mass is 35.5. The molecular weight excluding hydrogens is 238 g/mol. The number of carbonyl (C=O) groups excluding carboxylic acids is 1. The van der Waals surface area contributed by atoms with E-state index in [0.717, 1.165) is 5.56 Å². The van der Waals surface area contributed by atoms with E-state index in [2.05, 4.69) is 10.4 Å². The van der Waals surface area contributed by atoms with E-state index in [1.807, 2.05) is 12.1 Å². The fraction of sp³-hybridized carbons (Fsp3) is 0.167. The van der Waals surface area contributed by atoms with Gasteiger partial charge in [-0.3, -0.25) is 9.48 Å². The number of hydrogen-bond acceptors (Lipinski definition) is 2. The van der Waals surface area contributed by atoms with Gasteiger partial charge in [0.05, 0.1) is 0 Å². The molecule has 0 saturated carbocycles. The Hall–Kier alpha value is -1.81. The van der Waals surface area contributed by atoms with Crippen molar-refractivity contribution >= 4 is 17.5 Å². The summed E-state index contributed by atoms with van der Waals surface area (Å²) >= 11 is 5.77. The normalized spacial score (nSPS) is 10.2. The van der Waals surface area contributed by atoms with Gasteiger partial charge in [0.25, 0.3) is 0 Å². The molecule has 2 rings (SSSR count). The van der Waals surface area contributed by atoms with Crippen molar-refractivity contribution in [2.24, 2.45) is 0 Å². The Labute approximate surface area is 104 Å². The van der Waals surface area contributed by atoms with Crippen LogP contribution in [0.1, 0.15) is 5.56 Å². The van der Waals surface area contributed by atoms with Crippen LogP contribution in [-0.4, -0.2) is 15.7 Å². The van der Waals surface area contributed by atoms with Crippen LogP contribution in [0.25, 0.3) is 0 Å². The first-order valence-corrected chi connectivity index (χ1v) is 5.60. The van der Waals surface area contributed by atoms with Crippen molar-refractivity contribution in [3.05, 3.63) is 53.3 Å². The molecule has 0 saturated heterocycles. The molecule has 1 N–H and O–H groups in total. The maximum absolute atomic E-state index is 11.6. The zero-order valence-electron chi connectivity index (χ0n) is 9.14. The number of halogens is 1. The fourth-order valence-electron chi connectivity index (χ4n) is 1.40. The number of rotatable bonds is 4. The van der Waals surface area contributed by atoms with Gasteiger partial charge in [-0.25, -0.2) is 0 Å². The Morgan fingerprint density at radius 2 is 2.12 bits per heavy atom. The number of benzene rings is 1. The summed E-state index contributed by atoms with van der Waals surface area (Å²) in [5.41, 5.74) is 1.02. The van der Waals surface area contributed by atoms with Crippen molar-refractivity contribution in [2.45, 2.75) is 13.1 Å². The topological polar surface area (TPSA) is 46.9 Å². The van der Waals surface area contributed by atoms with E-state index in [1.54, 1.807) is 35.3 Å². The fourth-order valence-corrected chi connectivity index (χ4v) is 1.53. The van der Waals surface area contributed by atoms with Crippen LogP contribution in [0, 0.1) is 0 Å². The summed E-state index contributed by atoms with van der Waals surface area (Å²) in [6.07, 6.45) is 3.40. The zero-order chi connectivity index (χ0) is 12.1. The molecular formula is C12H12ClN3O. The molecule has 1 aromatic heterocycles. The van der Waals surface area contributed by atoms with E-state index in [-0.39, 0.29) is 12.5 Å². The third-order valence-corrected chi connectivity index (χ3v) is 2.52. The lowest BCUT2D eigenvalue weighted by Crippen LogP contribution is -2.27. The molecule has 0 unspecified atom stereocenters. The molecule has 0 radical (unpaired) electrons. The lowest BCUT2D eigenvalue weighted by atomic mass is 10.2. The third-order valence-electron chi connectivity index (χ3n) is 2.27. The molecule has 0 spiro atoms. The van der Waals surface area contributed by atoms with Gasteiger partial charge in [0.2, 0.25) is 5.91 Å². The minimum absolute atomic E-state index is 0.0661. The SMILES string of the molecule is O=C(Cn1cccn1)NCc1ccc(Cl)cc1. The molecule has 0 aliphatic carbocycles. The van der Waals surface area contributed by atoms with Crippen LogP contribution < -0.4 is 5.32 Å². The van der Waals surface area contributed by atoms with E-state index >= 15 is 0 Å². The summed E-state index contributed by atoms with van der Waals surface area (Å²) in [7, 11) is 0. The van der Waals surface area contributed by atoms with Crippen LogP contribution in [0.4, 0.5) is 0 Å². The molecule has 0 atom stereocenters. The molecule has 0 fully saturated rings. The van der Waals surface area contributed by atoms with Gasteiger partial charge in [-0.2, -0.15) is 5.10 Å². The van der Waals surface area contributed by atoms with Crippen LogP contribution in [-0.2, 0) is 17.9 Å². The molecule has 1 heterocycles. The second kappa shape index (κ2) is 5.50. The number of carbonyl (C=O) groups is 1. The molecule has 4 nitrogen and oxygen atoms in total. The quantitative estimate of drug-likeness (QED) is 0.899. The number of nitrogens with zero attached hydrogens (tertiary/aromatic N) is 2. The van der Waals surface area contributed by atoms with Gasteiger partial charge >= 0.3 is 0 Å². The minimum atomic E-state index is -0.0661. The van der Waals surface area contributed by atoms with Crippen LogP contribution in [0.3, 0.4) is 0 Å². The van der Waals surface area contributed by atoms with Gasteiger partial charge in [-0.1, -0.05) is 23.7 Å². The summed E-state index contributed by atoms with van der Waals surface area (Å²) in [4.78, 5) is 11.6. The van der Waals surface area contributed by atoms with Gasteiger partial charge in [-0.05, 0) is 23.8 Å². The molecule has 5 heteroatoms. The van der Waals surface area contributed by atoms with Gasteiger partial charge < -0.3 is 5.32 Å². The van der Waals surface area contributed by atoms with E-state index in [0.29, 0.717) is 11.6 Å². The zero-order valence-corrected chi connectivity index (χ0v) is 9.89. The van der Waals surface area contributed by atoms with Crippen molar-refractivity contribution in [1.82, 2.24) is 15.1 Å². The first kappa shape index (κ1) is 11.7. The third kappa shape index (κ3) is 3.60. The van der Waals surface area contributed by atoms with E-state index < -0.39 is 0 Å². The van der Waals surface area contributed by atoms with E-state index in [9.17, 15) is 4.79 Å². The van der Waals surface area contributed by atoms with Crippen molar-refractivity contribution in [3.63, 3.8) is 0 Å². The predicted molar refractivity (Wildman–Crippen MR) is 65.5 cm³/mol. The highest BCUT2D eigenvalue weighted by Gasteiger charge is 2.02. The van der Waals surface area contributed by atoms with E-state index in [1.165, 1.54) is 0 Å². The van der Waals surface area contributed by atoms with Crippen LogP contribution >= 0.6 is 11.6 Å². The second-order valence-electron chi connectivity index (χ2n) is 3.61. The first-order valence-electron chi connectivity index (χ1n) is 5.22. The predicted octanol–water partition coefficient (Wildman–Crippen LogP) is 1.85. The summed E-state index contributed by atoms with van der Waals surface area (Å²) in [6, 6.07) is 9.16. The summed E-state index contributed by atoms with van der Waals surface area (Å²) in [6.45, 7) is 0.734. The molecule has 1 amide bonds. The number of aromatic nitrogens is 2. The number of hydrogen-bond donors (Lipinski definition) is 1. The molecule has 2 aromatic rings. The maximum atomic E-state index is 11.6.